The maximum absolute atomic E-state index is 11.3. The Morgan fingerprint density at radius 2 is 1.65 bits per heavy atom. The van der Waals surface area contributed by atoms with E-state index < -0.39 is 8.32 Å². The van der Waals surface area contributed by atoms with Gasteiger partial charge in [0.25, 0.3) is 0 Å². The molecular weight excluding hydrogens is 228 g/mol. The number of Topliss-reactive ketones (excluding diaryl/α,β-unsaturated/α-hetero) is 1. The lowest BCUT2D eigenvalue weighted by Crippen LogP contribution is -2.43. The molecule has 0 aromatic carbocycles. The van der Waals surface area contributed by atoms with Gasteiger partial charge < -0.3 is 4.43 Å². The number of rotatable bonds is 3. The fourth-order valence-corrected chi connectivity index (χ4v) is 4.46. The molecule has 0 radical (unpaired) electrons. The van der Waals surface area contributed by atoms with Crippen LogP contribution in [0, 0.1) is 17.8 Å². The number of carbonyl (C=O) groups is 1. The molecular formula is C14H26O2Si. The molecule has 0 aromatic rings. The van der Waals surface area contributed by atoms with Crippen LogP contribution in [0.1, 0.15) is 40.5 Å². The summed E-state index contributed by atoms with van der Waals surface area (Å²) in [5.41, 5.74) is 0. The topological polar surface area (TPSA) is 26.3 Å². The summed E-state index contributed by atoms with van der Waals surface area (Å²) < 4.78 is 6.42. The Bertz CT molecular complexity index is 318. The zero-order chi connectivity index (χ0) is 13.0. The third kappa shape index (κ3) is 2.36. The van der Waals surface area contributed by atoms with Gasteiger partial charge in [0.15, 0.2) is 8.32 Å². The Morgan fingerprint density at radius 1 is 1.18 bits per heavy atom. The van der Waals surface area contributed by atoms with E-state index >= 15 is 0 Å². The fourth-order valence-electron chi connectivity index (χ4n) is 3.08. The van der Waals surface area contributed by atoms with Crippen LogP contribution in [0.3, 0.4) is 0 Å². The van der Waals surface area contributed by atoms with Crippen LogP contribution in [0.15, 0.2) is 0 Å². The molecule has 98 valence electrons. The van der Waals surface area contributed by atoms with Crippen LogP contribution >= 0.6 is 0 Å². The van der Waals surface area contributed by atoms with Gasteiger partial charge in [-0.25, -0.2) is 0 Å². The highest BCUT2D eigenvalue weighted by molar-refractivity contribution is 6.74. The van der Waals surface area contributed by atoms with Crippen LogP contribution in [-0.4, -0.2) is 20.2 Å². The molecule has 0 aromatic heterocycles. The van der Waals surface area contributed by atoms with Crippen LogP contribution < -0.4 is 0 Å². The highest BCUT2D eigenvalue weighted by atomic mass is 28.4. The van der Waals surface area contributed by atoms with Gasteiger partial charge in [-0.05, 0) is 49.7 Å². The zero-order valence-electron chi connectivity index (χ0n) is 12.0. The van der Waals surface area contributed by atoms with E-state index in [2.05, 4.69) is 33.9 Å². The van der Waals surface area contributed by atoms with Gasteiger partial charge in [0.1, 0.15) is 5.78 Å². The predicted molar refractivity (Wildman–Crippen MR) is 72.5 cm³/mol. The van der Waals surface area contributed by atoms with Crippen LogP contribution in [-0.2, 0) is 9.22 Å². The molecule has 3 heteroatoms. The quantitative estimate of drug-likeness (QED) is 0.719. The normalized spacial score (nSPS) is 36.8. The van der Waals surface area contributed by atoms with Gasteiger partial charge >= 0.3 is 0 Å². The Balaban J connectivity index is 1.88. The second kappa shape index (κ2) is 3.92. The molecule has 2 rings (SSSR count). The Labute approximate surface area is 106 Å². The Morgan fingerprint density at radius 3 is 2.00 bits per heavy atom. The van der Waals surface area contributed by atoms with E-state index in [0.717, 1.165) is 12.8 Å². The van der Waals surface area contributed by atoms with E-state index in [1.54, 1.807) is 6.92 Å². The fraction of sp³-hybridized carbons (Fsp3) is 0.929. The molecule has 4 atom stereocenters. The largest absolute Gasteiger partial charge is 0.414 e. The molecule has 0 heterocycles. The van der Waals surface area contributed by atoms with Crippen molar-refractivity contribution < 1.29 is 9.22 Å². The number of hydrogen-bond donors (Lipinski definition) is 0. The maximum Gasteiger partial charge on any atom is 0.192 e. The van der Waals surface area contributed by atoms with Crippen LogP contribution in [0.2, 0.25) is 18.1 Å². The Kier molecular flexibility index (Phi) is 3.06. The van der Waals surface area contributed by atoms with Crippen molar-refractivity contribution in [1.29, 1.82) is 0 Å². The summed E-state index contributed by atoms with van der Waals surface area (Å²) in [6.07, 6.45) is 2.68. The van der Waals surface area contributed by atoms with Gasteiger partial charge in [0, 0.05) is 12.0 Å². The summed E-state index contributed by atoms with van der Waals surface area (Å²) in [7, 11) is -1.61. The molecule has 2 aliphatic carbocycles. The van der Waals surface area contributed by atoms with E-state index in [1.165, 1.54) is 0 Å². The summed E-state index contributed by atoms with van der Waals surface area (Å²) in [5.74, 6) is 2.09. The summed E-state index contributed by atoms with van der Waals surface area (Å²) in [5, 5.41) is 0.291. The third-order valence-electron chi connectivity index (χ3n) is 5.14. The molecule has 2 nitrogen and oxygen atoms in total. The minimum Gasteiger partial charge on any atom is -0.414 e. The van der Waals surface area contributed by atoms with Crippen molar-refractivity contribution in [3.63, 3.8) is 0 Å². The van der Waals surface area contributed by atoms with Crippen LogP contribution in [0.4, 0.5) is 0 Å². The second-order valence-corrected chi connectivity index (χ2v) is 12.2. The molecule has 0 amide bonds. The zero-order valence-corrected chi connectivity index (χ0v) is 13.0. The first-order valence-electron chi connectivity index (χ1n) is 6.82. The first kappa shape index (κ1) is 13.3. The summed E-state index contributed by atoms with van der Waals surface area (Å²) in [6, 6.07) is 0. The van der Waals surface area contributed by atoms with Crippen molar-refractivity contribution >= 4 is 14.1 Å². The highest BCUT2D eigenvalue weighted by Gasteiger charge is 2.59. The molecule has 0 spiro atoms. The Hall–Kier alpha value is -0.153. The van der Waals surface area contributed by atoms with E-state index in [-0.39, 0.29) is 0 Å². The molecule has 0 saturated heterocycles. The maximum atomic E-state index is 11.3. The minimum absolute atomic E-state index is 0.291. The van der Waals surface area contributed by atoms with Gasteiger partial charge in [-0.1, -0.05) is 20.8 Å². The first-order valence-corrected chi connectivity index (χ1v) is 9.72. The molecule has 2 fully saturated rings. The lowest BCUT2D eigenvalue weighted by molar-refractivity contribution is -0.119. The van der Waals surface area contributed by atoms with Gasteiger partial charge in [0.2, 0.25) is 0 Å². The van der Waals surface area contributed by atoms with Crippen LogP contribution in [0.5, 0.6) is 0 Å². The lowest BCUT2D eigenvalue weighted by Gasteiger charge is -2.39. The summed E-state index contributed by atoms with van der Waals surface area (Å²) >= 11 is 0. The van der Waals surface area contributed by atoms with Crippen molar-refractivity contribution in [3.8, 4) is 0 Å². The van der Waals surface area contributed by atoms with Crippen LogP contribution in [0.25, 0.3) is 0 Å². The van der Waals surface area contributed by atoms with Crippen molar-refractivity contribution in [2.45, 2.75) is 64.8 Å². The average molecular weight is 254 g/mol. The minimum atomic E-state index is -1.61. The number of ketones is 1. The van der Waals surface area contributed by atoms with Gasteiger partial charge in [-0.3, -0.25) is 4.79 Å². The predicted octanol–water partition coefficient (Wildman–Crippen LogP) is 3.62. The summed E-state index contributed by atoms with van der Waals surface area (Å²) in [6.45, 7) is 13.2. The monoisotopic (exact) mass is 254 g/mol. The van der Waals surface area contributed by atoms with E-state index in [1.807, 2.05) is 0 Å². The standard InChI is InChI=1S/C14H26O2Si/c1-9(15)13-11-7-10(8-12(11)13)16-17(5,6)14(2,3)4/h10-13H,7-8H2,1-6H3/t10?,11-,12+,13?. The SMILES string of the molecule is CC(=O)C1[C@H]2CC(O[Si](C)(C)C(C)(C)C)C[C@@H]12. The van der Waals surface area contributed by atoms with E-state index in [0.29, 0.717) is 34.7 Å². The summed E-state index contributed by atoms with van der Waals surface area (Å²) in [4.78, 5) is 11.3. The lowest BCUT2D eigenvalue weighted by atomic mass is 10.1. The molecule has 2 aliphatic rings. The molecule has 17 heavy (non-hydrogen) atoms. The van der Waals surface area contributed by atoms with Crippen molar-refractivity contribution in [2.24, 2.45) is 17.8 Å². The molecule has 2 saturated carbocycles. The third-order valence-corrected chi connectivity index (χ3v) is 9.67. The molecule has 0 bridgehead atoms. The second-order valence-electron chi connectivity index (χ2n) is 7.44. The average Bonchev–Trinajstić information content (AvgIpc) is 2.62. The highest BCUT2D eigenvalue weighted by Crippen LogP contribution is 2.59. The van der Waals surface area contributed by atoms with E-state index in [4.69, 9.17) is 4.43 Å². The molecule has 0 aliphatic heterocycles. The van der Waals surface area contributed by atoms with Gasteiger partial charge in [0.05, 0.1) is 0 Å². The van der Waals surface area contributed by atoms with Gasteiger partial charge in [-0.15, -0.1) is 0 Å². The molecule has 0 N–H and O–H groups in total. The molecule has 2 unspecified atom stereocenters. The van der Waals surface area contributed by atoms with Crippen molar-refractivity contribution in [2.75, 3.05) is 0 Å². The van der Waals surface area contributed by atoms with E-state index in [9.17, 15) is 4.79 Å². The number of hydrogen-bond acceptors (Lipinski definition) is 2. The number of fused-ring (bicyclic) bond motifs is 1. The van der Waals surface area contributed by atoms with Crippen molar-refractivity contribution in [1.82, 2.24) is 0 Å². The number of carbonyl (C=O) groups excluding carboxylic acids is 1. The van der Waals surface area contributed by atoms with Crippen molar-refractivity contribution in [3.05, 3.63) is 0 Å². The smallest absolute Gasteiger partial charge is 0.192 e. The first-order chi connectivity index (χ1) is 7.63. The van der Waals surface area contributed by atoms with Gasteiger partial charge in [-0.2, -0.15) is 0 Å².